The minimum atomic E-state index is 0.139. The smallest absolute Gasteiger partial charge is 0.236 e. The van der Waals surface area contributed by atoms with Gasteiger partial charge in [0.2, 0.25) is 11.8 Å². The highest BCUT2D eigenvalue weighted by Gasteiger charge is 2.31. The van der Waals surface area contributed by atoms with Crippen molar-refractivity contribution in [2.45, 2.75) is 31.7 Å². The van der Waals surface area contributed by atoms with E-state index in [4.69, 9.17) is 16.3 Å². The molecule has 3 rings (SSSR count). The predicted octanol–water partition coefficient (Wildman–Crippen LogP) is 1.92. The van der Waals surface area contributed by atoms with Gasteiger partial charge in [0.25, 0.3) is 0 Å². The van der Waals surface area contributed by atoms with Gasteiger partial charge in [-0.25, -0.2) is 0 Å². The summed E-state index contributed by atoms with van der Waals surface area (Å²) in [6.45, 7) is 3.86. The number of ether oxygens (including phenoxy) is 1. The number of hydrogen-bond acceptors (Lipinski definition) is 4. The number of carbonyl (C=O) groups excluding carboxylic acids is 2. The van der Waals surface area contributed by atoms with Gasteiger partial charge < -0.3 is 19.9 Å². The molecule has 0 radical (unpaired) electrons. The number of hydrogen-bond donors (Lipinski definition) is 1. The predicted molar refractivity (Wildman–Crippen MR) is 100 cm³/mol. The summed E-state index contributed by atoms with van der Waals surface area (Å²) in [7, 11) is 0. The van der Waals surface area contributed by atoms with Gasteiger partial charge in [-0.15, -0.1) is 0 Å². The highest BCUT2D eigenvalue weighted by molar-refractivity contribution is 6.32. The van der Waals surface area contributed by atoms with E-state index in [-0.39, 0.29) is 17.9 Å². The van der Waals surface area contributed by atoms with Crippen molar-refractivity contribution in [3.63, 3.8) is 0 Å². The van der Waals surface area contributed by atoms with E-state index in [1.807, 2.05) is 28.0 Å². The van der Waals surface area contributed by atoms with E-state index in [0.29, 0.717) is 43.3 Å². The van der Waals surface area contributed by atoms with Crippen molar-refractivity contribution in [1.29, 1.82) is 0 Å². The fourth-order valence-electron chi connectivity index (χ4n) is 3.57. The average molecular weight is 380 g/mol. The Labute approximate surface area is 159 Å². The van der Waals surface area contributed by atoms with E-state index in [1.165, 1.54) is 0 Å². The van der Waals surface area contributed by atoms with E-state index < -0.39 is 0 Å². The third-order valence-electron chi connectivity index (χ3n) is 4.95. The second kappa shape index (κ2) is 9.24. The Morgan fingerprint density at radius 1 is 1.31 bits per heavy atom. The molecule has 0 bridgehead atoms. The highest BCUT2D eigenvalue weighted by atomic mass is 35.5. The maximum absolute atomic E-state index is 12.5. The van der Waals surface area contributed by atoms with Gasteiger partial charge in [-0.1, -0.05) is 23.7 Å². The summed E-state index contributed by atoms with van der Waals surface area (Å²) in [6, 6.07) is 7.49. The Morgan fingerprint density at radius 3 is 2.96 bits per heavy atom. The van der Waals surface area contributed by atoms with E-state index >= 15 is 0 Å². The number of carbonyl (C=O) groups is 2. The maximum atomic E-state index is 12.5. The zero-order chi connectivity index (χ0) is 18.4. The largest absolute Gasteiger partial charge is 0.492 e. The third-order valence-corrected chi connectivity index (χ3v) is 5.26. The number of likely N-dealkylation sites (tertiary alicyclic amines) is 1. The normalized spacial score (nSPS) is 21.0. The lowest BCUT2D eigenvalue weighted by molar-refractivity contribution is -0.140. The van der Waals surface area contributed by atoms with Gasteiger partial charge in [0.05, 0.1) is 18.2 Å². The van der Waals surface area contributed by atoms with Crippen LogP contribution in [-0.4, -0.2) is 67.0 Å². The summed E-state index contributed by atoms with van der Waals surface area (Å²) >= 11 is 6.05. The van der Waals surface area contributed by atoms with Crippen LogP contribution < -0.4 is 10.1 Å². The highest BCUT2D eigenvalue weighted by Crippen LogP contribution is 2.23. The molecule has 0 aliphatic carbocycles. The molecule has 142 valence electrons. The first-order chi connectivity index (χ1) is 12.6. The summed E-state index contributed by atoms with van der Waals surface area (Å²) in [5.74, 6) is 0.931. The molecule has 6 nitrogen and oxygen atoms in total. The van der Waals surface area contributed by atoms with Crippen molar-refractivity contribution in [1.82, 2.24) is 15.1 Å². The molecule has 1 aromatic carbocycles. The van der Waals surface area contributed by atoms with Crippen LogP contribution in [0.5, 0.6) is 5.75 Å². The number of rotatable bonds is 6. The monoisotopic (exact) mass is 379 g/mol. The average Bonchev–Trinajstić information content (AvgIpc) is 2.67. The van der Waals surface area contributed by atoms with Crippen LogP contribution in [0.2, 0.25) is 5.02 Å². The molecular weight excluding hydrogens is 354 g/mol. The molecule has 2 aliphatic heterocycles. The standard InChI is InChI=1S/C19H26ClN3O3/c20-16-6-1-2-7-17(16)26-12-4-8-18(24)22-10-3-5-15(14-22)23-11-9-21-13-19(23)25/h1-2,6-7,15,21H,3-5,8-14H2. The van der Waals surface area contributed by atoms with Crippen LogP contribution in [0.1, 0.15) is 25.7 Å². The molecule has 2 aliphatic rings. The molecule has 0 saturated carbocycles. The molecule has 0 aromatic heterocycles. The number of nitrogens with zero attached hydrogens (tertiary/aromatic N) is 2. The summed E-state index contributed by atoms with van der Waals surface area (Å²) < 4.78 is 5.64. The lowest BCUT2D eigenvalue weighted by Gasteiger charge is -2.41. The minimum absolute atomic E-state index is 0.139. The molecule has 1 unspecified atom stereocenters. The van der Waals surface area contributed by atoms with E-state index in [2.05, 4.69) is 5.32 Å². The van der Waals surface area contributed by atoms with Gasteiger partial charge in [0, 0.05) is 38.6 Å². The molecule has 1 N–H and O–H groups in total. The Kier molecular flexibility index (Phi) is 6.74. The number of halogens is 1. The number of piperidine rings is 1. The van der Waals surface area contributed by atoms with Gasteiger partial charge in [-0.2, -0.15) is 0 Å². The lowest BCUT2D eigenvalue weighted by atomic mass is 10.0. The zero-order valence-corrected chi connectivity index (χ0v) is 15.7. The summed E-state index contributed by atoms with van der Waals surface area (Å²) in [5.41, 5.74) is 0. The second-order valence-corrected chi connectivity index (χ2v) is 7.19. The fourth-order valence-corrected chi connectivity index (χ4v) is 3.76. The SMILES string of the molecule is O=C(CCCOc1ccccc1Cl)N1CCCC(N2CCNCC2=O)C1. The first-order valence-electron chi connectivity index (χ1n) is 9.30. The Balaban J connectivity index is 1.42. The number of benzene rings is 1. The van der Waals surface area contributed by atoms with Crippen LogP contribution in [-0.2, 0) is 9.59 Å². The quantitative estimate of drug-likeness (QED) is 0.767. The molecule has 26 heavy (non-hydrogen) atoms. The van der Waals surface area contributed by atoms with Crippen molar-refractivity contribution in [3.05, 3.63) is 29.3 Å². The van der Waals surface area contributed by atoms with Crippen LogP contribution >= 0.6 is 11.6 Å². The fraction of sp³-hybridized carbons (Fsp3) is 0.579. The zero-order valence-electron chi connectivity index (χ0n) is 15.0. The van der Waals surface area contributed by atoms with Gasteiger partial charge in [0.1, 0.15) is 5.75 Å². The minimum Gasteiger partial charge on any atom is -0.492 e. The first-order valence-corrected chi connectivity index (χ1v) is 9.68. The van der Waals surface area contributed by atoms with Crippen molar-refractivity contribution < 1.29 is 14.3 Å². The maximum Gasteiger partial charge on any atom is 0.236 e. The molecular formula is C19H26ClN3O3. The van der Waals surface area contributed by atoms with Gasteiger partial charge in [0.15, 0.2) is 0 Å². The Hall–Kier alpha value is -1.79. The summed E-state index contributed by atoms with van der Waals surface area (Å²) in [5, 5.41) is 3.68. The number of nitrogens with one attached hydrogen (secondary N) is 1. The molecule has 2 saturated heterocycles. The van der Waals surface area contributed by atoms with Crippen molar-refractivity contribution in [2.75, 3.05) is 39.3 Å². The molecule has 7 heteroatoms. The molecule has 2 heterocycles. The third kappa shape index (κ3) is 4.89. The van der Waals surface area contributed by atoms with Crippen LogP contribution in [0.4, 0.5) is 0 Å². The van der Waals surface area contributed by atoms with Gasteiger partial charge >= 0.3 is 0 Å². The van der Waals surface area contributed by atoms with E-state index in [9.17, 15) is 9.59 Å². The molecule has 1 aromatic rings. The van der Waals surface area contributed by atoms with Crippen LogP contribution in [0.15, 0.2) is 24.3 Å². The number of piperazine rings is 1. The number of para-hydroxylation sites is 1. The molecule has 0 spiro atoms. The van der Waals surface area contributed by atoms with Crippen LogP contribution in [0.3, 0.4) is 0 Å². The lowest BCUT2D eigenvalue weighted by Crippen LogP contribution is -2.57. The van der Waals surface area contributed by atoms with Crippen molar-refractivity contribution >= 4 is 23.4 Å². The van der Waals surface area contributed by atoms with Crippen LogP contribution in [0.25, 0.3) is 0 Å². The number of amides is 2. The topological polar surface area (TPSA) is 61.9 Å². The van der Waals surface area contributed by atoms with E-state index in [1.54, 1.807) is 6.07 Å². The van der Waals surface area contributed by atoms with Crippen molar-refractivity contribution in [3.8, 4) is 5.75 Å². The summed E-state index contributed by atoms with van der Waals surface area (Å²) in [6.07, 6.45) is 3.03. The molecule has 1 atom stereocenters. The molecule has 2 amide bonds. The van der Waals surface area contributed by atoms with Gasteiger partial charge in [-0.05, 0) is 31.4 Å². The summed E-state index contributed by atoms with van der Waals surface area (Å²) in [4.78, 5) is 28.4. The Bertz CT molecular complexity index is 640. The van der Waals surface area contributed by atoms with Crippen molar-refractivity contribution in [2.24, 2.45) is 0 Å². The van der Waals surface area contributed by atoms with Gasteiger partial charge in [-0.3, -0.25) is 9.59 Å². The van der Waals surface area contributed by atoms with E-state index in [0.717, 1.165) is 32.5 Å². The first kappa shape index (κ1) is 19.0. The molecule has 2 fully saturated rings. The van der Waals surface area contributed by atoms with Crippen LogP contribution in [0, 0.1) is 0 Å². The second-order valence-electron chi connectivity index (χ2n) is 6.78. The Morgan fingerprint density at radius 2 is 2.15 bits per heavy atom.